The second-order valence-corrected chi connectivity index (χ2v) is 6.90. The van der Waals surface area contributed by atoms with E-state index >= 15 is 0 Å². The zero-order chi connectivity index (χ0) is 20.1. The monoisotopic (exact) mass is 378 g/mol. The van der Waals surface area contributed by atoms with Crippen molar-refractivity contribution in [2.75, 3.05) is 0 Å². The largest absolute Gasteiger partial charge is 0.489 e. The molecular weight excluding hydrogens is 355 g/mol. The number of ether oxygens (including phenoxy) is 1. The second kappa shape index (κ2) is 8.70. The number of rotatable bonds is 7. The Balaban J connectivity index is 1.65. The fraction of sp³-hybridized carbons (Fsp3) is 0.208. The molecule has 0 aliphatic carbocycles. The molecule has 0 amide bonds. The number of carboxylic acids is 1. The van der Waals surface area contributed by atoms with Gasteiger partial charge in [0.15, 0.2) is 0 Å². The smallest absolute Gasteiger partial charge is 0.303 e. The molecule has 0 saturated carbocycles. The standard InChI is InChI=1S/C24H23FO3/c1-16-4-3-5-17(2)24(16)20-8-6-18(7-9-20)15-28-21-12-10-19(22(25)14-21)11-13-23(26)27/h3-10,12,14H,11,13,15H2,1-2H3,(H,26,27). The Morgan fingerprint density at radius 1 is 1.00 bits per heavy atom. The van der Waals surface area contributed by atoms with Crippen molar-refractivity contribution in [2.45, 2.75) is 33.3 Å². The molecule has 1 N–H and O–H groups in total. The third kappa shape index (κ3) is 4.77. The van der Waals surface area contributed by atoms with Crippen molar-refractivity contribution in [3.8, 4) is 16.9 Å². The number of carbonyl (C=O) groups is 1. The highest BCUT2D eigenvalue weighted by atomic mass is 19.1. The Morgan fingerprint density at radius 2 is 1.68 bits per heavy atom. The van der Waals surface area contributed by atoms with Crippen LogP contribution >= 0.6 is 0 Å². The SMILES string of the molecule is Cc1cccc(C)c1-c1ccc(COc2ccc(CCC(=O)O)c(F)c2)cc1. The summed E-state index contributed by atoms with van der Waals surface area (Å²) in [7, 11) is 0. The van der Waals surface area contributed by atoms with Gasteiger partial charge in [-0.15, -0.1) is 0 Å². The molecule has 3 rings (SSSR count). The Bertz CT molecular complexity index is 957. The minimum atomic E-state index is -0.941. The van der Waals surface area contributed by atoms with Crippen LogP contribution < -0.4 is 4.74 Å². The maximum atomic E-state index is 14.1. The molecule has 0 heterocycles. The lowest BCUT2D eigenvalue weighted by Gasteiger charge is -2.12. The van der Waals surface area contributed by atoms with E-state index < -0.39 is 11.8 Å². The molecule has 0 bridgehead atoms. The second-order valence-electron chi connectivity index (χ2n) is 6.90. The van der Waals surface area contributed by atoms with Crippen LogP contribution in [-0.2, 0) is 17.8 Å². The average Bonchev–Trinajstić information content (AvgIpc) is 2.66. The highest BCUT2D eigenvalue weighted by Crippen LogP contribution is 2.27. The Labute approximate surface area is 164 Å². The quantitative estimate of drug-likeness (QED) is 0.573. The van der Waals surface area contributed by atoms with Gasteiger partial charge in [-0.3, -0.25) is 4.79 Å². The number of carboxylic acid groups (broad SMARTS) is 1. The van der Waals surface area contributed by atoms with Crippen LogP contribution in [0.2, 0.25) is 0 Å². The molecule has 0 atom stereocenters. The van der Waals surface area contributed by atoms with Crippen LogP contribution in [0.3, 0.4) is 0 Å². The van der Waals surface area contributed by atoms with Crippen LogP contribution in [0.4, 0.5) is 4.39 Å². The predicted molar refractivity (Wildman–Crippen MR) is 108 cm³/mol. The van der Waals surface area contributed by atoms with Crippen molar-refractivity contribution < 1.29 is 19.0 Å². The summed E-state index contributed by atoms with van der Waals surface area (Å²) in [6.45, 7) is 4.54. The summed E-state index contributed by atoms with van der Waals surface area (Å²) in [6.07, 6.45) is 0.0745. The maximum Gasteiger partial charge on any atom is 0.303 e. The van der Waals surface area contributed by atoms with Gasteiger partial charge in [0.05, 0.1) is 0 Å². The zero-order valence-corrected chi connectivity index (χ0v) is 16.0. The number of aryl methyl sites for hydroxylation is 3. The minimum Gasteiger partial charge on any atom is -0.489 e. The van der Waals surface area contributed by atoms with E-state index in [1.54, 1.807) is 12.1 Å². The van der Waals surface area contributed by atoms with Crippen molar-refractivity contribution in [1.82, 2.24) is 0 Å². The Morgan fingerprint density at radius 3 is 2.29 bits per heavy atom. The van der Waals surface area contributed by atoms with Gasteiger partial charge in [0.1, 0.15) is 18.2 Å². The van der Waals surface area contributed by atoms with Gasteiger partial charge >= 0.3 is 5.97 Å². The fourth-order valence-electron chi connectivity index (χ4n) is 3.27. The summed E-state index contributed by atoms with van der Waals surface area (Å²) < 4.78 is 19.8. The summed E-state index contributed by atoms with van der Waals surface area (Å²) in [5.41, 5.74) is 6.25. The van der Waals surface area contributed by atoms with E-state index in [1.165, 1.54) is 22.8 Å². The lowest BCUT2D eigenvalue weighted by atomic mass is 9.95. The summed E-state index contributed by atoms with van der Waals surface area (Å²) in [5.74, 6) is -0.955. The van der Waals surface area contributed by atoms with E-state index in [1.807, 2.05) is 12.1 Å². The first-order valence-electron chi connectivity index (χ1n) is 9.22. The van der Waals surface area contributed by atoms with E-state index in [-0.39, 0.29) is 12.8 Å². The van der Waals surface area contributed by atoms with Gasteiger partial charge < -0.3 is 9.84 Å². The molecule has 28 heavy (non-hydrogen) atoms. The molecule has 3 nitrogen and oxygen atoms in total. The van der Waals surface area contributed by atoms with Gasteiger partial charge in [-0.2, -0.15) is 0 Å². The molecule has 0 saturated heterocycles. The van der Waals surface area contributed by atoms with Gasteiger partial charge in [0.2, 0.25) is 0 Å². The number of benzene rings is 3. The highest BCUT2D eigenvalue weighted by molar-refractivity contribution is 5.70. The van der Waals surface area contributed by atoms with Crippen LogP contribution in [0.15, 0.2) is 60.7 Å². The van der Waals surface area contributed by atoms with Gasteiger partial charge in [0.25, 0.3) is 0 Å². The molecule has 3 aromatic carbocycles. The third-order valence-corrected chi connectivity index (χ3v) is 4.76. The summed E-state index contributed by atoms with van der Waals surface area (Å²) >= 11 is 0. The topological polar surface area (TPSA) is 46.5 Å². The molecular formula is C24H23FO3. The van der Waals surface area contributed by atoms with E-state index in [9.17, 15) is 9.18 Å². The van der Waals surface area contributed by atoms with Crippen molar-refractivity contribution in [3.63, 3.8) is 0 Å². The number of hydrogen-bond donors (Lipinski definition) is 1. The third-order valence-electron chi connectivity index (χ3n) is 4.76. The minimum absolute atomic E-state index is 0.0934. The van der Waals surface area contributed by atoms with Crippen molar-refractivity contribution in [2.24, 2.45) is 0 Å². The van der Waals surface area contributed by atoms with Crippen LogP contribution in [0.25, 0.3) is 11.1 Å². The van der Waals surface area contributed by atoms with E-state index in [0.29, 0.717) is 17.9 Å². The van der Waals surface area contributed by atoms with Gasteiger partial charge in [-0.05, 0) is 59.7 Å². The van der Waals surface area contributed by atoms with Crippen molar-refractivity contribution in [1.29, 1.82) is 0 Å². The molecule has 144 valence electrons. The Kier molecular flexibility index (Phi) is 6.09. The Hall–Kier alpha value is -3.14. The fourth-order valence-corrected chi connectivity index (χ4v) is 3.27. The number of halogens is 1. The molecule has 4 heteroatoms. The van der Waals surface area contributed by atoms with Crippen molar-refractivity contribution >= 4 is 5.97 Å². The maximum absolute atomic E-state index is 14.1. The lowest BCUT2D eigenvalue weighted by molar-refractivity contribution is -0.136. The highest BCUT2D eigenvalue weighted by Gasteiger charge is 2.08. The van der Waals surface area contributed by atoms with E-state index in [4.69, 9.17) is 9.84 Å². The van der Waals surface area contributed by atoms with Crippen LogP contribution in [-0.4, -0.2) is 11.1 Å². The average molecular weight is 378 g/mol. The summed E-state index contributed by atoms with van der Waals surface area (Å²) in [6, 6.07) is 19.0. The predicted octanol–water partition coefficient (Wildman–Crippen LogP) is 5.71. The molecule has 0 aliphatic heterocycles. The molecule has 0 spiro atoms. The van der Waals surface area contributed by atoms with Crippen LogP contribution in [0.1, 0.15) is 28.7 Å². The lowest BCUT2D eigenvalue weighted by Crippen LogP contribution is -2.01. The van der Waals surface area contributed by atoms with Gasteiger partial charge in [-0.1, -0.05) is 48.5 Å². The molecule has 0 fully saturated rings. The molecule has 0 aromatic heterocycles. The first-order valence-corrected chi connectivity index (χ1v) is 9.22. The summed E-state index contributed by atoms with van der Waals surface area (Å²) in [5, 5.41) is 8.71. The normalized spacial score (nSPS) is 10.7. The zero-order valence-electron chi connectivity index (χ0n) is 16.0. The first-order chi connectivity index (χ1) is 13.4. The van der Waals surface area contributed by atoms with E-state index in [0.717, 1.165) is 11.1 Å². The first kappa shape index (κ1) is 19.6. The summed E-state index contributed by atoms with van der Waals surface area (Å²) in [4.78, 5) is 10.6. The van der Waals surface area contributed by atoms with Crippen molar-refractivity contribution in [3.05, 3.63) is 88.7 Å². The molecule has 3 aromatic rings. The van der Waals surface area contributed by atoms with Gasteiger partial charge in [0, 0.05) is 12.5 Å². The number of hydrogen-bond acceptors (Lipinski definition) is 2. The molecule has 0 radical (unpaired) electrons. The number of aliphatic carboxylic acids is 1. The van der Waals surface area contributed by atoms with E-state index in [2.05, 4.69) is 44.2 Å². The van der Waals surface area contributed by atoms with Crippen LogP contribution in [0.5, 0.6) is 5.75 Å². The molecule has 0 unspecified atom stereocenters. The molecule has 0 aliphatic rings. The van der Waals surface area contributed by atoms with Crippen LogP contribution in [0, 0.1) is 19.7 Å². The van der Waals surface area contributed by atoms with Gasteiger partial charge in [-0.25, -0.2) is 4.39 Å².